The average molecular weight is 549 g/mol. The molecule has 1 heterocycles. The van der Waals surface area contributed by atoms with Crippen LogP contribution in [-0.4, -0.2) is 48.6 Å². The Bertz CT molecular complexity index is 1270. The van der Waals surface area contributed by atoms with Gasteiger partial charge in [-0.05, 0) is 66.6 Å². The van der Waals surface area contributed by atoms with Crippen molar-refractivity contribution in [1.29, 1.82) is 0 Å². The van der Waals surface area contributed by atoms with Crippen LogP contribution in [0.4, 0.5) is 0 Å². The monoisotopic (exact) mass is 548 g/mol. The lowest BCUT2D eigenvalue weighted by atomic mass is 9.38. The third-order valence-electron chi connectivity index (χ3n) is 12.1. The van der Waals surface area contributed by atoms with E-state index in [1.807, 2.05) is 18.2 Å². The van der Waals surface area contributed by atoms with Crippen LogP contribution in [0.2, 0.25) is 0 Å². The predicted octanol–water partition coefficient (Wildman–Crippen LogP) is 5.90. The number of fused-ring (bicyclic) bond motifs is 5. The second kappa shape index (κ2) is 9.11. The number of allylic oxidation sites excluding steroid dienone is 3. The van der Waals surface area contributed by atoms with Crippen LogP contribution in [0.5, 0.6) is 0 Å². The normalized spacial score (nSPS) is 45.3. The molecule has 6 nitrogen and oxygen atoms in total. The smallest absolute Gasteiger partial charge is 0.338 e. The maximum absolute atomic E-state index is 13.6. The molecular formula is C34H44O6. The van der Waals surface area contributed by atoms with Crippen LogP contribution in [0, 0.1) is 39.4 Å². The van der Waals surface area contributed by atoms with Crippen LogP contribution in [0.15, 0.2) is 54.1 Å². The fraction of sp³-hybridized carbons (Fsp3) is 0.647. The lowest BCUT2D eigenvalue weighted by Crippen LogP contribution is -2.65. The van der Waals surface area contributed by atoms with Crippen molar-refractivity contribution < 1.29 is 28.9 Å². The average Bonchev–Trinajstić information content (AvgIpc) is 3.49. The molecule has 0 spiro atoms. The Hall–Kier alpha value is -2.28. The van der Waals surface area contributed by atoms with E-state index in [-0.39, 0.29) is 46.9 Å². The van der Waals surface area contributed by atoms with Crippen LogP contribution in [0.1, 0.15) is 77.1 Å². The topological polar surface area (TPSA) is 82.1 Å². The van der Waals surface area contributed by atoms with Crippen molar-refractivity contribution in [3.05, 3.63) is 59.7 Å². The van der Waals surface area contributed by atoms with Crippen molar-refractivity contribution >= 4 is 11.8 Å². The van der Waals surface area contributed by atoms with Gasteiger partial charge >= 0.3 is 5.97 Å². The molecule has 0 bridgehead atoms. The maximum atomic E-state index is 13.6. The summed E-state index contributed by atoms with van der Waals surface area (Å²) in [7, 11) is 1.62. The number of carbonyl (C=O) groups excluding carboxylic acids is 2. The van der Waals surface area contributed by atoms with Gasteiger partial charge in [-0.25, -0.2) is 4.79 Å². The highest BCUT2D eigenvalue weighted by Crippen LogP contribution is 2.73. The first-order chi connectivity index (χ1) is 18.8. The Kier molecular flexibility index (Phi) is 6.35. The molecule has 3 fully saturated rings. The maximum Gasteiger partial charge on any atom is 0.338 e. The second-order valence-electron chi connectivity index (χ2n) is 14.3. The highest BCUT2D eigenvalue weighted by atomic mass is 16.7. The summed E-state index contributed by atoms with van der Waals surface area (Å²) in [5.41, 5.74) is -0.644. The van der Waals surface area contributed by atoms with Crippen molar-refractivity contribution in [3.63, 3.8) is 0 Å². The molecule has 6 rings (SSSR count). The quantitative estimate of drug-likeness (QED) is 0.373. The molecule has 9 atom stereocenters. The summed E-state index contributed by atoms with van der Waals surface area (Å²) in [4.78, 5) is 26.7. The zero-order valence-corrected chi connectivity index (χ0v) is 24.7. The van der Waals surface area contributed by atoms with Gasteiger partial charge in [-0.15, -0.1) is 0 Å². The number of hydrogen-bond acceptors (Lipinski definition) is 6. The second-order valence-corrected chi connectivity index (χ2v) is 14.3. The Balaban J connectivity index is 1.43. The zero-order chi connectivity index (χ0) is 28.7. The summed E-state index contributed by atoms with van der Waals surface area (Å²) >= 11 is 0. The van der Waals surface area contributed by atoms with Gasteiger partial charge in [0.15, 0.2) is 12.1 Å². The molecule has 216 valence electrons. The Morgan fingerprint density at radius 2 is 1.77 bits per heavy atom. The molecule has 2 saturated carbocycles. The lowest BCUT2D eigenvalue weighted by Gasteiger charge is -2.66. The fourth-order valence-corrected chi connectivity index (χ4v) is 10.0. The minimum Gasteiger partial charge on any atom is -0.458 e. The summed E-state index contributed by atoms with van der Waals surface area (Å²) in [6.07, 6.45) is 9.18. The van der Waals surface area contributed by atoms with Crippen LogP contribution >= 0.6 is 0 Å². The van der Waals surface area contributed by atoms with Crippen molar-refractivity contribution in [2.75, 3.05) is 13.7 Å². The van der Waals surface area contributed by atoms with Crippen LogP contribution < -0.4 is 0 Å². The number of rotatable bonds is 4. The molecule has 1 aromatic carbocycles. The van der Waals surface area contributed by atoms with Gasteiger partial charge in [0.25, 0.3) is 0 Å². The number of aliphatic hydroxyl groups is 1. The Labute approximate surface area is 238 Å². The molecule has 0 radical (unpaired) electrons. The Morgan fingerprint density at radius 1 is 1.05 bits per heavy atom. The zero-order valence-electron chi connectivity index (χ0n) is 24.7. The Morgan fingerprint density at radius 3 is 2.45 bits per heavy atom. The standard InChI is InChI=1S/C34H44O6/c1-30(2)25-18-27(40-29(36)21-10-8-7-9-11-21)33(5)22-12-13-24(34(37)19-28(38-6)39-20-34)31(22,3)16-14-23(33)32(25,4)17-15-26(30)35/h7-12,15,17,23-25,27-28,37H,13-14,16,18-20H2,1-6H3. The van der Waals surface area contributed by atoms with Crippen molar-refractivity contribution in [2.24, 2.45) is 39.4 Å². The number of benzene rings is 1. The predicted molar refractivity (Wildman–Crippen MR) is 151 cm³/mol. The van der Waals surface area contributed by atoms with Crippen molar-refractivity contribution in [2.45, 2.75) is 84.7 Å². The number of methoxy groups -OCH3 is 1. The van der Waals surface area contributed by atoms with E-state index in [1.165, 1.54) is 5.57 Å². The first-order valence-electron chi connectivity index (χ1n) is 14.9. The molecular weight excluding hydrogens is 504 g/mol. The highest BCUT2D eigenvalue weighted by Gasteiger charge is 2.70. The van der Waals surface area contributed by atoms with E-state index >= 15 is 0 Å². The van der Waals surface area contributed by atoms with Crippen molar-refractivity contribution in [3.8, 4) is 0 Å². The van der Waals surface area contributed by atoms with E-state index in [9.17, 15) is 14.7 Å². The van der Waals surface area contributed by atoms with Crippen LogP contribution in [0.25, 0.3) is 0 Å². The summed E-state index contributed by atoms with van der Waals surface area (Å²) in [5.74, 6) is 0.0294. The van der Waals surface area contributed by atoms with Gasteiger partial charge in [0.05, 0.1) is 17.8 Å². The third kappa shape index (κ3) is 3.71. The molecule has 1 aliphatic heterocycles. The van der Waals surface area contributed by atoms with Crippen LogP contribution in [0.3, 0.4) is 0 Å². The largest absolute Gasteiger partial charge is 0.458 e. The summed E-state index contributed by atoms with van der Waals surface area (Å²) in [6.45, 7) is 11.3. The summed E-state index contributed by atoms with van der Waals surface area (Å²) in [5, 5.41) is 11.9. The van der Waals surface area contributed by atoms with E-state index in [0.717, 1.165) is 19.3 Å². The van der Waals surface area contributed by atoms with Gasteiger partial charge in [0, 0.05) is 30.3 Å². The minimum absolute atomic E-state index is 0.0103. The molecule has 40 heavy (non-hydrogen) atoms. The number of hydrogen-bond donors (Lipinski definition) is 1. The lowest BCUT2D eigenvalue weighted by molar-refractivity contribution is -0.171. The molecule has 1 N–H and O–H groups in total. The van der Waals surface area contributed by atoms with Gasteiger partial charge in [-0.2, -0.15) is 0 Å². The van der Waals surface area contributed by atoms with Gasteiger partial charge in [0.2, 0.25) is 0 Å². The van der Waals surface area contributed by atoms with Gasteiger partial charge in [-0.1, -0.05) is 70.5 Å². The third-order valence-corrected chi connectivity index (χ3v) is 12.1. The fourth-order valence-electron chi connectivity index (χ4n) is 10.0. The minimum atomic E-state index is -0.979. The first kappa shape index (κ1) is 27.9. The van der Waals surface area contributed by atoms with Crippen LogP contribution in [-0.2, 0) is 19.0 Å². The van der Waals surface area contributed by atoms with Gasteiger partial charge in [0.1, 0.15) is 6.10 Å². The van der Waals surface area contributed by atoms with Gasteiger partial charge in [-0.3, -0.25) is 4.79 Å². The molecule has 1 aromatic rings. The van der Waals surface area contributed by atoms with E-state index in [4.69, 9.17) is 14.2 Å². The van der Waals surface area contributed by atoms with E-state index in [1.54, 1.807) is 25.3 Å². The number of esters is 1. The van der Waals surface area contributed by atoms with E-state index < -0.39 is 28.8 Å². The number of ether oxygens (including phenoxy) is 3. The summed E-state index contributed by atoms with van der Waals surface area (Å²) < 4.78 is 17.8. The first-order valence-corrected chi connectivity index (χ1v) is 14.9. The van der Waals surface area contributed by atoms with E-state index in [2.05, 4.69) is 46.8 Å². The molecule has 0 amide bonds. The highest BCUT2D eigenvalue weighted by molar-refractivity contribution is 5.96. The molecule has 1 saturated heterocycles. The van der Waals surface area contributed by atoms with E-state index in [0.29, 0.717) is 18.4 Å². The molecule has 4 aliphatic carbocycles. The SMILES string of the molecule is COC1CC(O)(C2CC=C3C2(C)CCC2C4(C)C=CC(=O)C(C)(C)C4CC(OC(=O)c4ccccc4)C32C)CO1. The number of carbonyl (C=O) groups is 2. The van der Waals surface area contributed by atoms with Gasteiger partial charge < -0.3 is 19.3 Å². The molecule has 9 unspecified atom stereocenters. The molecule has 5 aliphatic rings. The molecule has 0 aromatic heterocycles. The summed E-state index contributed by atoms with van der Waals surface area (Å²) in [6, 6.07) is 9.19. The molecule has 6 heteroatoms. The number of ketones is 1. The van der Waals surface area contributed by atoms with Crippen molar-refractivity contribution in [1.82, 2.24) is 0 Å².